The van der Waals surface area contributed by atoms with E-state index in [1.165, 1.54) is 44.5 Å². The number of hydrogen-bond donors (Lipinski definition) is 1. The van der Waals surface area contributed by atoms with Crippen LogP contribution < -0.4 is 10.1 Å². The van der Waals surface area contributed by atoms with Crippen LogP contribution in [-0.4, -0.2) is 38.7 Å². The van der Waals surface area contributed by atoms with E-state index < -0.39 is 0 Å². The molecule has 1 aromatic rings. The van der Waals surface area contributed by atoms with Gasteiger partial charge in [-0.15, -0.1) is 12.4 Å². The molecular weight excluding hydrogens is 272 g/mol. The summed E-state index contributed by atoms with van der Waals surface area (Å²) in [5, 5.41) is 3.43. The van der Waals surface area contributed by atoms with E-state index in [-0.39, 0.29) is 12.4 Å². The third-order valence-electron chi connectivity index (χ3n) is 3.96. The van der Waals surface area contributed by atoms with Gasteiger partial charge in [0.25, 0.3) is 0 Å². The Balaban J connectivity index is 0.00000200. The molecule has 0 bridgehead atoms. The Morgan fingerprint density at radius 2 is 2.05 bits per heavy atom. The molecule has 0 unspecified atom stereocenters. The SMILES string of the molecule is COc1cccc(CN(C)CCC2CCNCC2)c1.Cl. The quantitative estimate of drug-likeness (QED) is 0.874. The van der Waals surface area contributed by atoms with Gasteiger partial charge in [0.1, 0.15) is 5.75 Å². The molecule has 1 heterocycles. The van der Waals surface area contributed by atoms with E-state index in [4.69, 9.17) is 4.74 Å². The van der Waals surface area contributed by atoms with Crippen molar-refractivity contribution in [2.75, 3.05) is 33.8 Å². The summed E-state index contributed by atoms with van der Waals surface area (Å²) < 4.78 is 5.27. The summed E-state index contributed by atoms with van der Waals surface area (Å²) >= 11 is 0. The number of nitrogens with zero attached hydrogens (tertiary/aromatic N) is 1. The molecule has 20 heavy (non-hydrogen) atoms. The molecule has 2 rings (SSSR count). The lowest BCUT2D eigenvalue weighted by molar-refractivity contribution is 0.265. The minimum atomic E-state index is 0. The summed E-state index contributed by atoms with van der Waals surface area (Å²) in [7, 11) is 3.93. The van der Waals surface area contributed by atoms with Crippen LogP contribution in [0.25, 0.3) is 0 Å². The molecular formula is C16H27ClN2O. The van der Waals surface area contributed by atoms with Gasteiger partial charge in [-0.2, -0.15) is 0 Å². The molecule has 0 aromatic heterocycles. The maximum atomic E-state index is 5.27. The summed E-state index contributed by atoms with van der Waals surface area (Å²) in [5.74, 6) is 1.86. The average molecular weight is 299 g/mol. The van der Waals surface area contributed by atoms with Crippen LogP contribution in [0.4, 0.5) is 0 Å². The summed E-state index contributed by atoms with van der Waals surface area (Å²) in [5.41, 5.74) is 1.33. The number of ether oxygens (including phenoxy) is 1. The lowest BCUT2D eigenvalue weighted by Crippen LogP contribution is -2.30. The maximum absolute atomic E-state index is 5.27. The second-order valence-electron chi connectivity index (χ2n) is 5.57. The topological polar surface area (TPSA) is 24.5 Å². The molecule has 0 saturated carbocycles. The maximum Gasteiger partial charge on any atom is 0.119 e. The van der Waals surface area contributed by atoms with Crippen molar-refractivity contribution in [1.29, 1.82) is 0 Å². The molecule has 1 fully saturated rings. The highest BCUT2D eigenvalue weighted by Crippen LogP contribution is 2.17. The first kappa shape index (κ1) is 17.3. The van der Waals surface area contributed by atoms with Gasteiger partial charge in [-0.3, -0.25) is 0 Å². The summed E-state index contributed by atoms with van der Waals surface area (Å²) in [6.45, 7) is 4.58. The third-order valence-corrected chi connectivity index (χ3v) is 3.96. The van der Waals surface area contributed by atoms with Gasteiger partial charge in [0, 0.05) is 6.54 Å². The van der Waals surface area contributed by atoms with Crippen LogP contribution in [0.3, 0.4) is 0 Å². The predicted octanol–water partition coefficient (Wildman–Crippen LogP) is 2.94. The Morgan fingerprint density at radius 1 is 1.30 bits per heavy atom. The van der Waals surface area contributed by atoms with Crippen LogP contribution in [0.15, 0.2) is 24.3 Å². The van der Waals surface area contributed by atoms with Crippen molar-refractivity contribution in [2.45, 2.75) is 25.8 Å². The van der Waals surface area contributed by atoms with Crippen LogP contribution >= 0.6 is 12.4 Å². The lowest BCUT2D eigenvalue weighted by atomic mass is 9.94. The highest BCUT2D eigenvalue weighted by molar-refractivity contribution is 5.85. The second kappa shape index (κ2) is 9.22. The molecule has 1 saturated heterocycles. The first-order valence-corrected chi connectivity index (χ1v) is 7.30. The lowest BCUT2D eigenvalue weighted by Gasteiger charge is -2.25. The molecule has 1 aromatic carbocycles. The van der Waals surface area contributed by atoms with E-state index in [1.54, 1.807) is 7.11 Å². The molecule has 1 aliphatic heterocycles. The molecule has 1 N–H and O–H groups in total. The number of benzene rings is 1. The van der Waals surface area contributed by atoms with Crippen molar-refractivity contribution in [1.82, 2.24) is 10.2 Å². The Morgan fingerprint density at radius 3 is 2.75 bits per heavy atom. The predicted molar refractivity (Wildman–Crippen MR) is 86.8 cm³/mol. The van der Waals surface area contributed by atoms with Crippen molar-refractivity contribution in [2.24, 2.45) is 5.92 Å². The smallest absolute Gasteiger partial charge is 0.119 e. The number of nitrogens with one attached hydrogen (secondary N) is 1. The van der Waals surface area contributed by atoms with Crippen LogP contribution in [-0.2, 0) is 6.54 Å². The molecule has 0 atom stereocenters. The number of hydrogen-bond acceptors (Lipinski definition) is 3. The van der Waals surface area contributed by atoms with Gasteiger partial charge in [0.2, 0.25) is 0 Å². The van der Waals surface area contributed by atoms with Gasteiger partial charge < -0.3 is 15.0 Å². The molecule has 3 nitrogen and oxygen atoms in total. The molecule has 0 radical (unpaired) electrons. The monoisotopic (exact) mass is 298 g/mol. The Bertz CT molecular complexity index is 380. The molecule has 114 valence electrons. The zero-order valence-electron chi connectivity index (χ0n) is 12.6. The minimum absolute atomic E-state index is 0. The number of piperidine rings is 1. The Labute approximate surface area is 129 Å². The highest BCUT2D eigenvalue weighted by Gasteiger charge is 2.13. The fourth-order valence-corrected chi connectivity index (χ4v) is 2.73. The van der Waals surface area contributed by atoms with Crippen molar-refractivity contribution < 1.29 is 4.74 Å². The fourth-order valence-electron chi connectivity index (χ4n) is 2.73. The standard InChI is InChI=1S/C16H26N2O.ClH/c1-18(11-8-14-6-9-17-10-7-14)13-15-4-3-5-16(12-15)19-2;/h3-5,12,14,17H,6-11,13H2,1-2H3;1H. The average Bonchev–Trinajstić information content (AvgIpc) is 2.46. The van der Waals surface area contributed by atoms with Crippen molar-refractivity contribution >= 4 is 12.4 Å². The highest BCUT2D eigenvalue weighted by atomic mass is 35.5. The second-order valence-corrected chi connectivity index (χ2v) is 5.57. The molecule has 1 aliphatic rings. The van der Waals surface area contributed by atoms with Crippen molar-refractivity contribution in [3.05, 3.63) is 29.8 Å². The molecule has 0 aliphatic carbocycles. The Kier molecular flexibility index (Phi) is 7.97. The largest absolute Gasteiger partial charge is 0.497 e. The summed E-state index contributed by atoms with van der Waals surface area (Å²) in [4.78, 5) is 2.41. The van der Waals surface area contributed by atoms with Gasteiger partial charge in [-0.1, -0.05) is 12.1 Å². The molecule has 0 amide bonds. The zero-order valence-corrected chi connectivity index (χ0v) is 13.4. The Hall–Kier alpha value is -0.770. The van der Waals surface area contributed by atoms with Crippen LogP contribution in [0.1, 0.15) is 24.8 Å². The van der Waals surface area contributed by atoms with E-state index in [1.807, 2.05) is 6.07 Å². The number of methoxy groups -OCH3 is 1. The van der Waals surface area contributed by atoms with E-state index >= 15 is 0 Å². The van der Waals surface area contributed by atoms with Gasteiger partial charge in [0.15, 0.2) is 0 Å². The van der Waals surface area contributed by atoms with Gasteiger partial charge in [-0.25, -0.2) is 0 Å². The van der Waals surface area contributed by atoms with Gasteiger partial charge in [0.05, 0.1) is 7.11 Å². The van der Waals surface area contributed by atoms with E-state index in [9.17, 15) is 0 Å². The first-order valence-electron chi connectivity index (χ1n) is 7.30. The number of halogens is 1. The first-order chi connectivity index (χ1) is 9.28. The third kappa shape index (κ3) is 5.70. The number of rotatable bonds is 6. The normalized spacial score (nSPS) is 15.9. The van der Waals surface area contributed by atoms with Crippen LogP contribution in [0, 0.1) is 5.92 Å². The van der Waals surface area contributed by atoms with Gasteiger partial charge >= 0.3 is 0 Å². The fraction of sp³-hybridized carbons (Fsp3) is 0.625. The van der Waals surface area contributed by atoms with Crippen LogP contribution in [0.5, 0.6) is 5.75 Å². The van der Waals surface area contributed by atoms with Crippen molar-refractivity contribution in [3.63, 3.8) is 0 Å². The minimum Gasteiger partial charge on any atom is -0.497 e. The zero-order chi connectivity index (χ0) is 13.5. The summed E-state index contributed by atoms with van der Waals surface area (Å²) in [6, 6.07) is 8.36. The molecule has 4 heteroatoms. The summed E-state index contributed by atoms with van der Waals surface area (Å²) in [6.07, 6.45) is 4.00. The van der Waals surface area contributed by atoms with E-state index in [2.05, 4.69) is 35.5 Å². The van der Waals surface area contributed by atoms with Crippen molar-refractivity contribution in [3.8, 4) is 5.75 Å². The van der Waals surface area contributed by atoms with Gasteiger partial charge in [-0.05, 0) is 69.6 Å². The van der Waals surface area contributed by atoms with E-state index in [0.29, 0.717) is 0 Å². The van der Waals surface area contributed by atoms with Crippen LogP contribution in [0.2, 0.25) is 0 Å². The molecule has 0 spiro atoms. The van der Waals surface area contributed by atoms with E-state index in [0.717, 1.165) is 18.2 Å².